The van der Waals surface area contributed by atoms with Crippen molar-refractivity contribution in [3.63, 3.8) is 0 Å². The maximum atomic E-state index is 11.2. The Kier molecular flexibility index (Phi) is 5.36. The lowest BCUT2D eigenvalue weighted by atomic mass is 10.1. The predicted octanol–water partition coefficient (Wildman–Crippen LogP) is 1.70. The average molecular weight is 332 g/mol. The van der Waals surface area contributed by atoms with Crippen LogP contribution in [0.1, 0.15) is 43.4 Å². The second-order valence-corrected chi connectivity index (χ2v) is 6.16. The molecule has 1 aromatic carbocycles. The van der Waals surface area contributed by atoms with E-state index in [9.17, 15) is 9.90 Å². The Bertz CT molecular complexity index is 707. The van der Waals surface area contributed by atoms with Crippen LogP contribution in [0, 0.1) is 0 Å². The average Bonchev–Trinajstić information content (AvgIpc) is 2.99. The number of hydrogen-bond acceptors (Lipinski definition) is 5. The molecule has 24 heavy (non-hydrogen) atoms. The fourth-order valence-electron chi connectivity index (χ4n) is 2.24. The second kappa shape index (κ2) is 7.11. The Labute approximate surface area is 141 Å². The summed E-state index contributed by atoms with van der Waals surface area (Å²) in [7, 11) is 1.61. The van der Waals surface area contributed by atoms with E-state index in [0.717, 1.165) is 5.56 Å². The van der Waals surface area contributed by atoms with E-state index in [-0.39, 0.29) is 0 Å². The molecule has 1 aromatic heterocycles. The Morgan fingerprint density at radius 3 is 2.50 bits per heavy atom. The van der Waals surface area contributed by atoms with Crippen molar-refractivity contribution in [2.24, 2.45) is 5.73 Å². The van der Waals surface area contributed by atoms with E-state index in [1.165, 1.54) is 0 Å². The van der Waals surface area contributed by atoms with Crippen LogP contribution in [0.15, 0.2) is 24.3 Å². The number of methoxy groups -OCH3 is 1. The Morgan fingerprint density at radius 2 is 2.00 bits per heavy atom. The molecule has 1 atom stereocenters. The van der Waals surface area contributed by atoms with Crippen LogP contribution in [0.4, 0.5) is 0 Å². The van der Waals surface area contributed by atoms with Gasteiger partial charge in [-0.25, -0.2) is 9.67 Å². The number of hydrogen-bond donors (Lipinski definition) is 2. The summed E-state index contributed by atoms with van der Waals surface area (Å²) in [6.45, 7) is 6.04. The lowest BCUT2D eigenvalue weighted by Gasteiger charge is -2.23. The van der Waals surface area contributed by atoms with Gasteiger partial charge in [0.1, 0.15) is 5.60 Å². The van der Waals surface area contributed by atoms with Crippen LogP contribution in [-0.4, -0.2) is 39.0 Å². The van der Waals surface area contributed by atoms with Crippen LogP contribution in [-0.2, 0) is 16.9 Å². The molecule has 0 bridgehead atoms. The zero-order valence-electron chi connectivity index (χ0n) is 14.5. The van der Waals surface area contributed by atoms with Crippen molar-refractivity contribution < 1.29 is 14.6 Å². The number of benzene rings is 1. The Hall–Kier alpha value is -2.25. The van der Waals surface area contributed by atoms with Gasteiger partial charge < -0.3 is 15.6 Å². The van der Waals surface area contributed by atoms with E-state index >= 15 is 0 Å². The monoisotopic (exact) mass is 332 g/mol. The Morgan fingerprint density at radius 1 is 1.38 bits per heavy atom. The van der Waals surface area contributed by atoms with Gasteiger partial charge in [0.2, 0.25) is 5.91 Å². The summed E-state index contributed by atoms with van der Waals surface area (Å²) < 4.78 is 7.19. The first-order valence-electron chi connectivity index (χ1n) is 7.87. The normalized spacial score (nSPS) is 13.0. The van der Waals surface area contributed by atoms with E-state index < -0.39 is 17.6 Å². The maximum Gasteiger partial charge on any atom is 0.248 e. The number of aliphatic hydroxyl groups is 1. The summed E-state index contributed by atoms with van der Waals surface area (Å²) >= 11 is 0. The van der Waals surface area contributed by atoms with E-state index in [2.05, 4.69) is 10.1 Å². The largest absolute Gasteiger partial charge is 0.391 e. The number of aliphatic hydroxyl groups excluding tert-OH is 1. The highest BCUT2D eigenvalue weighted by atomic mass is 16.5. The highest BCUT2D eigenvalue weighted by Gasteiger charge is 2.28. The van der Waals surface area contributed by atoms with E-state index in [4.69, 9.17) is 10.5 Å². The number of ether oxygens (including phenoxy) is 1. The molecule has 130 valence electrons. The number of nitrogens with zero attached hydrogens (tertiary/aromatic N) is 3. The topological polar surface area (TPSA) is 103 Å². The Balaban J connectivity index is 2.44. The molecule has 7 heteroatoms. The minimum Gasteiger partial charge on any atom is -0.391 e. The van der Waals surface area contributed by atoms with Crippen molar-refractivity contribution in [1.29, 1.82) is 0 Å². The van der Waals surface area contributed by atoms with Crippen LogP contribution in [0.5, 0.6) is 0 Å². The zero-order valence-corrected chi connectivity index (χ0v) is 14.5. The molecule has 1 heterocycles. The number of carbonyl (C=O) groups is 1. The molecular formula is C17H24N4O3. The van der Waals surface area contributed by atoms with Gasteiger partial charge in [-0.05, 0) is 32.4 Å². The van der Waals surface area contributed by atoms with Crippen LogP contribution in [0.2, 0.25) is 0 Å². The minimum absolute atomic E-state index is 0.338. The number of nitrogens with two attached hydrogens (primary N) is 1. The summed E-state index contributed by atoms with van der Waals surface area (Å²) in [6.07, 6.45) is 0.109. The molecular weight excluding hydrogens is 308 g/mol. The third-order valence-corrected chi connectivity index (χ3v) is 4.00. The third kappa shape index (κ3) is 3.80. The molecule has 2 aromatic rings. The van der Waals surface area contributed by atoms with Gasteiger partial charge in [-0.3, -0.25) is 4.79 Å². The van der Waals surface area contributed by atoms with Gasteiger partial charge in [0.05, 0.1) is 12.6 Å². The highest BCUT2D eigenvalue weighted by molar-refractivity contribution is 5.93. The summed E-state index contributed by atoms with van der Waals surface area (Å²) in [4.78, 5) is 15.8. The fraction of sp³-hybridized carbons (Fsp3) is 0.471. The summed E-state index contributed by atoms with van der Waals surface area (Å²) in [5, 5.41) is 14.5. The summed E-state index contributed by atoms with van der Waals surface area (Å²) in [6, 6.07) is 6.78. The van der Waals surface area contributed by atoms with Crippen molar-refractivity contribution >= 4 is 5.91 Å². The summed E-state index contributed by atoms with van der Waals surface area (Å²) in [5.74, 6) is 0.660. The van der Waals surface area contributed by atoms with E-state index in [1.54, 1.807) is 36.1 Å². The summed E-state index contributed by atoms with van der Waals surface area (Å²) in [5.41, 5.74) is 5.80. The fourth-order valence-corrected chi connectivity index (χ4v) is 2.24. The van der Waals surface area contributed by atoms with Gasteiger partial charge in [-0.1, -0.05) is 19.1 Å². The molecule has 0 saturated carbocycles. The number of amides is 1. The van der Waals surface area contributed by atoms with Gasteiger partial charge in [-0.15, -0.1) is 0 Å². The standard InChI is InChI=1S/C17H24N4O3/c1-5-13(22)10-21-16(17(2,3)24-4)19-15(20-21)12-8-6-11(7-9-12)14(18)23/h6-9,13,22H,5,10H2,1-4H3,(H2,18,23)/t13-/m0/s1. The van der Waals surface area contributed by atoms with E-state index in [0.29, 0.717) is 30.2 Å². The maximum absolute atomic E-state index is 11.2. The van der Waals surface area contributed by atoms with Crippen LogP contribution >= 0.6 is 0 Å². The molecule has 0 spiro atoms. The van der Waals surface area contributed by atoms with Gasteiger partial charge >= 0.3 is 0 Å². The molecule has 0 aliphatic rings. The number of primary amides is 1. The number of carbonyl (C=O) groups excluding carboxylic acids is 1. The van der Waals surface area contributed by atoms with Gasteiger partial charge in [0, 0.05) is 18.2 Å². The quantitative estimate of drug-likeness (QED) is 0.803. The first-order valence-corrected chi connectivity index (χ1v) is 7.87. The molecule has 0 saturated heterocycles. The minimum atomic E-state index is -0.647. The molecule has 0 fully saturated rings. The van der Waals surface area contributed by atoms with Gasteiger partial charge in [0.25, 0.3) is 0 Å². The van der Waals surface area contributed by atoms with Crippen LogP contribution in [0.25, 0.3) is 11.4 Å². The van der Waals surface area contributed by atoms with Crippen molar-refractivity contribution in [2.45, 2.75) is 45.4 Å². The molecule has 1 amide bonds. The molecule has 0 radical (unpaired) electrons. The first-order chi connectivity index (χ1) is 11.3. The molecule has 0 aliphatic heterocycles. The van der Waals surface area contributed by atoms with Crippen LogP contribution in [0.3, 0.4) is 0 Å². The van der Waals surface area contributed by atoms with Crippen LogP contribution < -0.4 is 5.73 Å². The molecule has 0 aliphatic carbocycles. The number of rotatable bonds is 7. The van der Waals surface area contributed by atoms with E-state index in [1.807, 2.05) is 20.8 Å². The lowest BCUT2D eigenvalue weighted by molar-refractivity contribution is 0.00542. The number of aromatic nitrogens is 3. The molecule has 3 N–H and O–H groups in total. The SMILES string of the molecule is CC[C@H](O)Cn1nc(-c2ccc(C(N)=O)cc2)nc1C(C)(C)OC. The van der Waals surface area contributed by atoms with Crippen molar-refractivity contribution in [3.05, 3.63) is 35.7 Å². The molecule has 7 nitrogen and oxygen atoms in total. The zero-order chi connectivity index (χ0) is 17.9. The predicted molar refractivity (Wildman–Crippen MR) is 90.3 cm³/mol. The van der Waals surface area contributed by atoms with Gasteiger partial charge in [0.15, 0.2) is 11.6 Å². The smallest absolute Gasteiger partial charge is 0.248 e. The van der Waals surface area contributed by atoms with Crippen molar-refractivity contribution in [1.82, 2.24) is 14.8 Å². The third-order valence-electron chi connectivity index (χ3n) is 4.00. The lowest BCUT2D eigenvalue weighted by Crippen LogP contribution is -2.28. The highest BCUT2D eigenvalue weighted by Crippen LogP contribution is 2.26. The molecule has 2 rings (SSSR count). The molecule has 0 unspecified atom stereocenters. The first kappa shape index (κ1) is 18.1. The van der Waals surface area contributed by atoms with Crippen molar-refractivity contribution in [3.8, 4) is 11.4 Å². The van der Waals surface area contributed by atoms with Gasteiger partial charge in [-0.2, -0.15) is 5.10 Å². The van der Waals surface area contributed by atoms with Crippen molar-refractivity contribution in [2.75, 3.05) is 7.11 Å². The second-order valence-electron chi connectivity index (χ2n) is 6.16.